The maximum Gasteiger partial charge on any atom is 0.418 e. The van der Waals surface area contributed by atoms with E-state index in [1.165, 1.54) is 0 Å². The van der Waals surface area contributed by atoms with E-state index in [4.69, 9.17) is 0 Å². The third-order valence-electron chi connectivity index (χ3n) is 2.71. The molecule has 0 bridgehead atoms. The summed E-state index contributed by atoms with van der Waals surface area (Å²) < 4.78 is 50.4. The molecule has 0 aliphatic heterocycles. The molecule has 1 aromatic carbocycles. The Morgan fingerprint density at radius 3 is 2.50 bits per heavy atom. The van der Waals surface area contributed by atoms with Crippen LogP contribution in [-0.2, 0) is 17.4 Å². The highest BCUT2D eigenvalue weighted by Crippen LogP contribution is 2.46. The van der Waals surface area contributed by atoms with Gasteiger partial charge in [0.05, 0.1) is 19.9 Å². The van der Waals surface area contributed by atoms with Crippen molar-refractivity contribution < 1.29 is 22.3 Å². The first-order chi connectivity index (χ1) is 10.3. The highest BCUT2D eigenvalue weighted by Gasteiger charge is 2.37. The molecule has 0 unspecified atom stereocenters. The molecule has 0 radical (unpaired) electrons. The summed E-state index contributed by atoms with van der Waals surface area (Å²) in [5.74, 6) is 0. The lowest BCUT2D eigenvalue weighted by atomic mass is 10.1. The van der Waals surface area contributed by atoms with E-state index in [0.717, 1.165) is 11.3 Å². The van der Waals surface area contributed by atoms with Crippen molar-refractivity contribution in [1.29, 1.82) is 0 Å². The normalized spacial score (nSPS) is 11.6. The third kappa shape index (κ3) is 3.15. The molecule has 0 fully saturated rings. The fourth-order valence-electron chi connectivity index (χ4n) is 1.82. The Hall–Kier alpha value is -1.46. The average Bonchev–Trinajstić information content (AvgIpc) is 2.86. The Labute approximate surface area is 133 Å². The fraction of sp³-hybridized carbons (Fsp3) is 0.364. The highest BCUT2D eigenvalue weighted by atomic mass is 32.2. The summed E-state index contributed by atoms with van der Waals surface area (Å²) >= 11 is 1.63. The summed E-state index contributed by atoms with van der Waals surface area (Å²) in [6, 6.07) is 0.531. The minimum Gasteiger partial charge on any atom is -0.378 e. The Morgan fingerprint density at radius 1 is 1.36 bits per heavy atom. The van der Waals surface area contributed by atoms with E-state index in [0.29, 0.717) is 30.4 Å². The third-order valence-corrected chi connectivity index (χ3v) is 5.96. The molecule has 0 saturated heterocycles. The lowest BCUT2D eigenvalue weighted by molar-refractivity contribution is -0.384. The van der Waals surface area contributed by atoms with Gasteiger partial charge in [0.1, 0.15) is 16.9 Å². The first-order valence-corrected chi connectivity index (χ1v) is 8.36. The summed E-state index contributed by atoms with van der Waals surface area (Å²) in [7, 11) is 0. The topological polar surface area (TPSA) is 72.2 Å². The monoisotopic (exact) mass is 370 g/mol. The van der Waals surface area contributed by atoms with Crippen molar-refractivity contribution in [2.75, 3.05) is 11.9 Å². The molecule has 1 heterocycles. The second-order valence-electron chi connectivity index (χ2n) is 4.20. The molecular weight excluding hydrogens is 361 g/mol. The number of rotatable bonds is 4. The van der Waals surface area contributed by atoms with E-state index in [9.17, 15) is 27.5 Å². The predicted molar refractivity (Wildman–Crippen MR) is 81.5 cm³/mol. The van der Waals surface area contributed by atoms with E-state index in [2.05, 4.69) is 5.32 Å². The van der Waals surface area contributed by atoms with Crippen molar-refractivity contribution in [1.82, 2.24) is 0 Å². The number of nitrogens with zero attached hydrogens (tertiary/aromatic N) is 1. The molecule has 0 aliphatic rings. The number of hydrogen-bond acceptors (Lipinski definition) is 6. The van der Waals surface area contributed by atoms with Gasteiger partial charge in [0.15, 0.2) is 3.14 Å². The number of hydrogen-bond donors (Lipinski definition) is 1. The number of fused-ring (bicyclic) bond motifs is 1. The van der Waals surface area contributed by atoms with Crippen LogP contribution in [-0.4, -0.2) is 15.7 Å². The zero-order valence-electron chi connectivity index (χ0n) is 11.0. The van der Waals surface area contributed by atoms with Crippen LogP contribution in [0, 0.1) is 13.3 Å². The van der Waals surface area contributed by atoms with Gasteiger partial charge in [-0.25, -0.2) is 4.21 Å². The van der Waals surface area contributed by atoms with Crippen LogP contribution in [0.25, 0.3) is 9.40 Å². The number of nitrogens with one attached hydrogen (secondary N) is 1. The molecule has 0 spiro atoms. The molecule has 2 rings (SSSR count). The number of nitro benzene ring substituents is 1. The number of nitro groups is 1. The summed E-state index contributed by atoms with van der Waals surface area (Å²) in [4.78, 5) is 10.3. The van der Waals surface area contributed by atoms with Crippen LogP contribution in [0.3, 0.4) is 0 Å². The molecule has 0 saturated carbocycles. The van der Waals surface area contributed by atoms with Gasteiger partial charge in [0.2, 0.25) is 0 Å². The van der Waals surface area contributed by atoms with Crippen LogP contribution in [0.1, 0.15) is 18.9 Å². The van der Waals surface area contributed by atoms with Crippen LogP contribution in [0.15, 0.2) is 6.07 Å². The van der Waals surface area contributed by atoms with E-state index in [-0.39, 0.29) is 29.5 Å². The Kier molecular flexibility index (Phi) is 4.87. The molecule has 120 valence electrons. The molecule has 0 amide bonds. The van der Waals surface area contributed by atoms with Crippen LogP contribution in [0.4, 0.5) is 24.5 Å². The number of anilines is 1. The molecule has 1 aromatic heterocycles. The molecule has 0 atom stereocenters. The van der Waals surface area contributed by atoms with Crippen molar-refractivity contribution in [3.05, 3.63) is 24.9 Å². The van der Waals surface area contributed by atoms with Gasteiger partial charge >= 0.3 is 6.18 Å². The van der Waals surface area contributed by atoms with Crippen LogP contribution in [0.5, 0.6) is 0 Å². The van der Waals surface area contributed by atoms with Gasteiger partial charge in [-0.1, -0.05) is 6.92 Å². The highest BCUT2D eigenvalue weighted by molar-refractivity contribution is 7.65. The summed E-state index contributed by atoms with van der Waals surface area (Å²) in [5, 5.41) is 13.9. The maximum absolute atomic E-state index is 13.1. The average molecular weight is 370 g/mol. The number of alkyl halides is 3. The summed E-state index contributed by atoms with van der Waals surface area (Å²) in [5.41, 5.74) is -1.68. The van der Waals surface area contributed by atoms with E-state index in [1.807, 2.05) is 6.92 Å². The zero-order chi connectivity index (χ0) is 16.5. The van der Waals surface area contributed by atoms with Gasteiger partial charge < -0.3 is 5.32 Å². The number of halogens is 3. The SMILES string of the molecule is CCCNc1c([N+](=O)[O-])cc(C(F)(F)F)c2sc(=S=O)sc12. The second kappa shape index (κ2) is 6.34. The minimum absolute atomic E-state index is 0.0383. The zero-order valence-corrected chi connectivity index (χ0v) is 13.5. The Morgan fingerprint density at radius 2 is 2.00 bits per heavy atom. The molecular formula is C11H9F3N2O3S3. The van der Waals surface area contributed by atoms with E-state index in [1.54, 1.807) is 0 Å². The van der Waals surface area contributed by atoms with Crippen LogP contribution >= 0.6 is 22.7 Å². The van der Waals surface area contributed by atoms with Crippen molar-refractivity contribution in [3.63, 3.8) is 0 Å². The van der Waals surface area contributed by atoms with Crippen molar-refractivity contribution in [2.24, 2.45) is 0 Å². The largest absolute Gasteiger partial charge is 0.418 e. The van der Waals surface area contributed by atoms with Gasteiger partial charge in [-0.15, -0.1) is 22.7 Å². The molecule has 22 heavy (non-hydrogen) atoms. The van der Waals surface area contributed by atoms with Crippen molar-refractivity contribution >= 4 is 54.7 Å². The van der Waals surface area contributed by atoms with Crippen molar-refractivity contribution in [3.8, 4) is 0 Å². The molecule has 1 N–H and O–H groups in total. The van der Waals surface area contributed by atoms with Crippen LogP contribution < -0.4 is 5.32 Å². The molecule has 5 nitrogen and oxygen atoms in total. The second-order valence-corrected chi connectivity index (χ2v) is 7.59. The first kappa shape index (κ1) is 16.9. The molecule has 11 heteroatoms. The van der Waals surface area contributed by atoms with Crippen molar-refractivity contribution in [2.45, 2.75) is 19.5 Å². The van der Waals surface area contributed by atoms with E-state index < -0.39 is 22.4 Å². The van der Waals surface area contributed by atoms with Gasteiger partial charge in [-0.2, -0.15) is 13.2 Å². The Bertz CT molecular complexity index is 822. The lowest BCUT2D eigenvalue weighted by Gasteiger charge is -2.12. The Balaban J connectivity index is 2.91. The lowest BCUT2D eigenvalue weighted by Crippen LogP contribution is -2.09. The van der Waals surface area contributed by atoms with Gasteiger partial charge in [-0.3, -0.25) is 10.1 Å². The summed E-state index contributed by atoms with van der Waals surface area (Å²) in [6.07, 6.45) is -4.08. The molecule has 2 aromatic rings. The summed E-state index contributed by atoms with van der Waals surface area (Å²) in [6.45, 7) is 2.21. The molecule has 0 aliphatic carbocycles. The van der Waals surface area contributed by atoms with E-state index >= 15 is 0 Å². The standard InChI is InChI=1S/C11H9F3N2O3S3/c1-2-3-15-7-6(16(17)18)4-5(11(12,13)14)8-9(7)21-10(20-8)22-19/h4,15H,2-3H2,1H3. The minimum atomic E-state index is -4.73. The first-order valence-electron chi connectivity index (χ1n) is 5.98. The van der Waals surface area contributed by atoms with Gasteiger partial charge in [-0.05, 0) is 6.42 Å². The predicted octanol–water partition coefficient (Wildman–Crippen LogP) is 4.46. The van der Waals surface area contributed by atoms with Gasteiger partial charge in [0.25, 0.3) is 5.69 Å². The quantitative estimate of drug-likeness (QED) is 0.490. The maximum atomic E-state index is 13.1. The fourth-order valence-corrected chi connectivity index (χ4v) is 4.81. The van der Waals surface area contributed by atoms with Crippen LogP contribution in [0.2, 0.25) is 0 Å². The van der Waals surface area contributed by atoms with Gasteiger partial charge in [0, 0.05) is 12.6 Å². The number of benzene rings is 1. The smallest absolute Gasteiger partial charge is 0.378 e.